The van der Waals surface area contributed by atoms with Crippen molar-refractivity contribution in [3.8, 4) is 11.3 Å². The van der Waals surface area contributed by atoms with Crippen molar-refractivity contribution in [1.29, 1.82) is 0 Å². The van der Waals surface area contributed by atoms with Crippen LogP contribution in [0.1, 0.15) is 56.0 Å². The molecule has 1 N–H and O–H groups in total. The van der Waals surface area contributed by atoms with Crippen LogP contribution in [0.3, 0.4) is 0 Å². The van der Waals surface area contributed by atoms with Crippen molar-refractivity contribution in [2.75, 3.05) is 29.6 Å². The third kappa shape index (κ3) is 7.50. The normalized spacial score (nSPS) is 16.7. The lowest BCUT2D eigenvalue weighted by Gasteiger charge is -2.25. The third-order valence-electron chi connectivity index (χ3n) is 6.72. The second-order valence-corrected chi connectivity index (χ2v) is 13.7. The molecule has 0 bridgehead atoms. The minimum atomic E-state index is -3.20. The van der Waals surface area contributed by atoms with E-state index >= 15 is 0 Å². The van der Waals surface area contributed by atoms with Crippen molar-refractivity contribution in [1.82, 2.24) is 14.8 Å². The molecule has 10 nitrogen and oxygen atoms in total. The summed E-state index contributed by atoms with van der Waals surface area (Å²) in [6, 6.07) is 8.02. The van der Waals surface area contributed by atoms with Crippen LogP contribution < -0.4 is 10.2 Å². The van der Waals surface area contributed by atoms with Gasteiger partial charge in [-0.15, -0.1) is 4.36 Å². The maximum Gasteiger partial charge on any atom is 0.442 e. The summed E-state index contributed by atoms with van der Waals surface area (Å²) in [4.78, 5) is 32.6. The number of hydrogen-bond acceptors (Lipinski definition) is 7. The summed E-state index contributed by atoms with van der Waals surface area (Å²) in [5, 5.41) is 7.27. The molecule has 42 heavy (non-hydrogen) atoms. The van der Waals surface area contributed by atoms with Gasteiger partial charge in [0.05, 0.1) is 21.0 Å². The summed E-state index contributed by atoms with van der Waals surface area (Å²) < 4.78 is 52.2. The number of pyridine rings is 1. The summed E-state index contributed by atoms with van der Waals surface area (Å²) in [6.45, 7) is 7.18. The minimum absolute atomic E-state index is 0.0439. The number of anilines is 2. The molecule has 3 heterocycles. The molecule has 1 aliphatic heterocycles. The Morgan fingerprint density at radius 3 is 2.57 bits per heavy atom. The monoisotopic (exact) mass is 602 g/mol. The first-order chi connectivity index (χ1) is 19.5. The molecule has 4 rings (SSSR count). The van der Waals surface area contributed by atoms with Gasteiger partial charge in [0.25, 0.3) is 5.91 Å². The summed E-state index contributed by atoms with van der Waals surface area (Å²) in [6.07, 6.45) is 3.43. The minimum Gasteiger partial charge on any atom is -0.442 e. The number of hydrogen-bond donors (Lipinski definition) is 1. The largest absolute Gasteiger partial charge is 0.442 e. The predicted molar refractivity (Wildman–Crippen MR) is 158 cm³/mol. The zero-order valence-electron chi connectivity index (χ0n) is 24.6. The molecule has 1 saturated heterocycles. The maximum atomic E-state index is 14.2. The Morgan fingerprint density at radius 1 is 1.17 bits per heavy atom. The van der Waals surface area contributed by atoms with Gasteiger partial charge in [0.1, 0.15) is 11.4 Å². The fraction of sp³-hybridized carbons (Fsp3) is 0.448. The first kappa shape index (κ1) is 31.1. The first-order valence-electron chi connectivity index (χ1n) is 13.5. The summed E-state index contributed by atoms with van der Waals surface area (Å²) in [5.41, 5.74) is 1.56. The lowest BCUT2D eigenvalue weighted by molar-refractivity contribution is -0.0102. The molecule has 1 unspecified atom stereocenters. The van der Waals surface area contributed by atoms with Crippen LogP contribution in [0.5, 0.6) is 0 Å². The van der Waals surface area contributed by atoms with E-state index in [4.69, 9.17) is 4.74 Å². The molecule has 2 amide bonds. The molecule has 13 heteroatoms. The van der Waals surface area contributed by atoms with Gasteiger partial charge in [-0.25, -0.2) is 22.8 Å². The average molecular weight is 603 g/mol. The van der Waals surface area contributed by atoms with Gasteiger partial charge in [-0.05, 0) is 63.9 Å². The molecular weight excluding hydrogens is 566 g/mol. The number of rotatable bonds is 5. The van der Waals surface area contributed by atoms with Gasteiger partial charge in [-0.3, -0.25) is 9.48 Å². The molecule has 0 radical (unpaired) electrons. The predicted octanol–water partition coefficient (Wildman–Crippen LogP) is 6.06. The number of carbonyl (C=O) groups is 2. The van der Waals surface area contributed by atoms with Gasteiger partial charge in [0.2, 0.25) is 5.92 Å². The van der Waals surface area contributed by atoms with Crippen molar-refractivity contribution in [3.63, 3.8) is 0 Å². The van der Waals surface area contributed by atoms with Crippen LogP contribution in [-0.2, 0) is 21.5 Å². The van der Waals surface area contributed by atoms with Gasteiger partial charge in [0, 0.05) is 67.8 Å². The smallest absolute Gasteiger partial charge is 0.442 e. The number of halogens is 2. The Kier molecular flexibility index (Phi) is 8.72. The number of carbonyl (C=O) groups excluding carboxylic acids is 2. The van der Waals surface area contributed by atoms with Gasteiger partial charge in [0.15, 0.2) is 0 Å². The van der Waals surface area contributed by atoms with Crippen molar-refractivity contribution >= 4 is 33.2 Å². The lowest BCUT2D eigenvalue weighted by atomic mass is 10.0. The molecule has 226 valence electrons. The van der Waals surface area contributed by atoms with E-state index in [0.29, 0.717) is 34.9 Å². The molecule has 2 aromatic heterocycles. The average Bonchev–Trinajstić information content (AvgIpc) is 3.21. The highest BCUT2D eigenvalue weighted by Crippen LogP contribution is 2.34. The van der Waals surface area contributed by atoms with Crippen LogP contribution in [0.2, 0.25) is 0 Å². The number of aryl methyl sites for hydroxylation is 1. The second kappa shape index (κ2) is 11.8. The van der Waals surface area contributed by atoms with Crippen molar-refractivity contribution in [2.45, 2.75) is 63.4 Å². The van der Waals surface area contributed by atoms with E-state index in [-0.39, 0.29) is 36.3 Å². The van der Waals surface area contributed by atoms with Crippen LogP contribution in [0, 0.1) is 6.92 Å². The number of alkyl halides is 2. The number of nitrogens with one attached hydrogen (secondary N) is 1. The molecule has 0 spiro atoms. The third-order valence-corrected chi connectivity index (χ3v) is 8.35. The Morgan fingerprint density at radius 2 is 1.90 bits per heavy atom. The molecular formula is C29H36F2N6O4S. The van der Waals surface area contributed by atoms with Crippen molar-refractivity contribution in [2.24, 2.45) is 11.4 Å². The summed E-state index contributed by atoms with van der Waals surface area (Å²) in [7, 11) is -1.42. The number of nitrogens with zero attached hydrogens (tertiary/aromatic N) is 5. The molecule has 1 aliphatic rings. The maximum absolute atomic E-state index is 14.2. The number of ether oxygens (including phenoxy) is 1. The summed E-state index contributed by atoms with van der Waals surface area (Å²) in [5.74, 6) is -3.00. The Bertz CT molecular complexity index is 1620. The topological polar surface area (TPSA) is 119 Å². The SMILES string of the molecule is Cc1c(-c2ccn(C)n2)cnc(N2CCCC(F)(F)CC2)c1C(=O)Nc1cccc(S(C)(=O)=NC(=O)OC(C)(C)C)c1. The highest BCUT2D eigenvalue weighted by atomic mass is 32.2. The Balaban J connectivity index is 1.71. The van der Waals surface area contributed by atoms with Crippen LogP contribution in [0.25, 0.3) is 11.3 Å². The second-order valence-electron chi connectivity index (χ2n) is 11.4. The van der Waals surface area contributed by atoms with Gasteiger partial charge >= 0.3 is 6.09 Å². The Labute approximate surface area is 244 Å². The van der Waals surface area contributed by atoms with Crippen LogP contribution in [0.4, 0.5) is 25.1 Å². The van der Waals surface area contributed by atoms with E-state index in [1.807, 2.05) is 0 Å². The van der Waals surface area contributed by atoms with E-state index in [1.165, 1.54) is 12.3 Å². The molecule has 3 aromatic rings. The highest BCUT2D eigenvalue weighted by Gasteiger charge is 2.34. The van der Waals surface area contributed by atoms with Crippen LogP contribution in [0.15, 0.2) is 52.0 Å². The molecule has 1 fully saturated rings. The van der Waals surface area contributed by atoms with Gasteiger partial charge in [-0.1, -0.05) is 6.07 Å². The molecule has 1 aromatic carbocycles. The molecule has 1 atom stereocenters. The van der Waals surface area contributed by atoms with E-state index < -0.39 is 33.3 Å². The van der Waals surface area contributed by atoms with E-state index in [1.54, 1.807) is 81.0 Å². The fourth-order valence-corrected chi connectivity index (χ4v) is 5.78. The zero-order valence-corrected chi connectivity index (χ0v) is 25.4. The van der Waals surface area contributed by atoms with Gasteiger partial charge in [-0.2, -0.15) is 5.10 Å². The zero-order chi connectivity index (χ0) is 30.9. The van der Waals surface area contributed by atoms with E-state index in [2.05, 4.69) is 19.8 Å². The van der Waals surface area contributed by atoms with E-state index in [0.717, 1.165) is 0 Å². The number of benzene rings is 1. The lowest BCUT2D eigenvalue weighted by Crippen LogP contribution is -2.30. The quantitative estimate of drug-likeness (QED) is 0.377. The Hall–Kier alpha value is -3.87. The first-order valence-corrected chi connectivity index (χ1v) is 15.5. The number of amides is 2. The van der Waals surface area contributed by atoms with Crippen molar-refractivity contribution < 1.29 is 27.3 Å². The molecule has 0 aliphatic carbocycles. The summed E-state index contributed by atoms with van der Waals surface area (Å²) >= 11 is 0. The van der Waals surface area contributed by atoms with Gasteiger partial charge < -0.3 is 15.0 Å². The number of aromatic nitrogens is 3. The highest BCUT2D eigenvalue weighted by molar-refractivity contribution is 7.93. The molecule has 0 saturated carbocycles. The fourth-order valence-electron chi connectivity index (χ4n) is 4.67. The standard InChI is InChI=1S/C29H36F2N6O4S/c1-19-22(23-11-15-36(5)34-23)18-32-25(37-14-8-12-29(30,31)13-16-37)24(19)26(38)33-20-9-7-10-21(17-20)42(6,40)35-27(39)41-28(2,3)4/h7,9-11,15,17-18H,8,12-14,16H2,1-6H3,(H,33,38). The van der Waals surface area contributed by atoms with E-state index in [9.17, 15) is 22.6 Å². The van der Waals surface area contributed by atoms with Crippen LogP contribution in [-0.4, -0.2) is 61.8 Å². The van der Waals surface area contributed by atoms with Crippen LogP contribution >= 0.6 is 0 Å². The van der Waals surface area contributed by atoms with Crippen molar-refractivity contribution in [3.05, 3.63) is 53.9 Å².